The van der Waals surface area contributed by atoms with Crippen molar-refractivity contribution in [2.75, 3.05) is 6.54 Å². The van der Waals surface area contributed by atoms with Crippen LogP contribution in [0.3, 0.4) is 0 Å². The highest BCUT2D eigenvalue weighted by molar-refractivity contribution is 9.11. The summed E-state index contributed by atoms with van der Waals surface area (Å²) < 4.78 is 28.8. The monoisotopic (exact) mass is 457 g/mol. The highest BCUT2D eigenvalue weighted by Crippen LogP contribution is 2.32. The molecular weight excluding hydrogens is 446 g/mol. The zero-order valence-corrected chi connectivity index (χ0v) is 16.5. The Labute approximate surface area is 143 Å². The summed E-state index contributed by atoms with van der Waals surface area (Å²) in [5.74, 6) is 0. The highest BCUT2D eigenvalue weighted by atomic mass is 79.9. The van der Waals surface area contributed by atoms with Gasteiger partial charge in [0, 0.05) is 22.8 Å². The van der Waals surface area contributed by atoms with Crippen molar-refractivity contribution >= 4 is 64.6 Å². The number of hydrogen-bond donors (Lipinski definition) is 0. The summed E-state index contributed by atoms with van der Waals surface area (Å²) in [6, 6.07) is 5.57. The van der Waals surface area contributed by atoms with Gasteiger partial charge in [0.25, 0.3) is 0 Å². The standard InChI is InChI=1S/C12H13Br2NO2S3/c1-3-15(7-9-4-5-11(13)19-9)20(16,17)10-6-12(14)18-8(10)2/h4-6H,3,7H2,1-2H3. The van der Waals surface area contributed by atoms with Crippen LogP contribution in [0.15, 0.2) is 30.7 Å². The van der Waals surface area contributed by atoms with Crippen LogP contribution in [0.2, 0.25) is 0 Å². The molecule has 0 aliphatic rings. The van der Waals surface area contributed by atoms with Crippen molar-refractivity contribution in [3.8, 4) is 0 Å². The summed E-state index contributed by atoms with van der Waals surface area (Å²) >= 11 is 9.74. The van der Waals surface area contributed by atoms with Crippen LogP contribution in [0, 0.1) is 6.92 Å². The quantitative estimate of drug-likeness (QED) is 0.641. The Hall–Kier alpha value is 0.270. The van der Waals surface area contributed by atoms with Crippen molar-refractivity contribution in [2.45, 2.75) is 25.3 Å². The van der Waals surface area contributed by atoms with Crippen molar-refractivity contribution in [2.24, 2.45) is 0 Å². The third-order valence-corrected chi connectivity index (χ3v) is 8.11. The van der Waals surface area contributed by atoms with Gasteiger partial charge in [-0.3, -0.25) is 0 Å². The van der Waals surface area contributed by atoms with E-state index < -0.39 is 10.0 Å². The molecule has 20 heavy (non-hydrogen) atoms. The summed E-state index contributed by atoms with van der Waals surface area (Å²) in [5, 5.41) is 0. The minimum atomic E-state index is -3.44. The molecule has 0 aromatic carbocycles. The van der Waals surface area contributed by atoms with E-state index in [4.69, 9.17) is 0 Å². The molecule has 0 radical (unpaired) electrons. The lowest BCUT2D eigenvalue weighted by Gasteiger charge is -2.19. The van der Waals surface area contributed by atoms with Gasteiger partial charge in [-0.05, 0) is 57.0 Å². The average molecular weight is 459 g/mol. The predicted molar refractivity (Wildman–Crippen MR) is 92.0 cm³/mol. The van der Waals surface area contributed by atoms with E-state index in [-0.39, 0.29) is 0 Å². The van der Waals surface area contributed by atoms with Gasteiger partial charge in [-0.1, -0.05) is 6.92 Å². The van der Waals surface area contributed by atoms with Gasteiger partial charge in [-0.15, -0.1) is 22.7 Å². The van der Waals surface area contributed by atoms with Crippen molar-refractivity contribution < 1.29 is 8.42 Å². The molecule has 3 nitrogen and oxygen atoms in total. The lowest BCUT2D eigenvalue weighted by atomic mass is 10.4. The third kappa shape index (κ3) is 3.53. The maximum absolute atomic E-state index is 12.7. The fourth-order valence-corrected chi connectivity index (χ4v) is 7.19. The maximum atomic E-state index is 12.7. The van der Waals surface area contributed by atoms with E-state index in [0.29, 0.717) is 18.0 Å². The zero-order chi connectivity index (χ0) is 14.9. The Kier molecular flexibility index (Phi) is 5.47. The second-order valence-electron chi connectivity index (χ2n) is 4.11. The Bertz CT molecular complexity index is 706. The molecule has 0 spiro atoms. The van der Waals surface area contributed by atoms with Crippen molar-refractivity contribution in [3.63, 3.8) is 0 Å². The SMILES string of the molecule is CCN(Cc1ccc(Br)s1)S(=O)(=O)c1cc(Br)sc1C. The van der Waals surface area contributed by atoms with E-state index in [1.807, 2.05) is 26.0 Å². The summed E-state index contributed by atoms with van der Waals surface area (Å²) in [5.41, 5.74) is 0. The molecule has 0 saturated heterocycles. The first-order chi connectivity index (χ1) is 9.34. The Morgan fingerprint density at radius 3 is 2.35 bits per heavy atom. The van der Waals surface area contributed by atoms with Gasteiger partial charge in [-0.2, -0.15) is 4.31 Å². The van der Waals surface area contributed by atoms with Crippen LogP contribution in [0.25, 0.3) is 0 Å². The largest absolute Gasteiger partial charge is 0.244 e. The second-order valence-corrected chi connectivity index (χ2v) is 11.2. The Balaban J connectivity index is 2.32. The van der Waals surface area contributed by atoms with Gasteiger partial charge >= 0.3 is 0 Å². The number of rotatable bonds is 5. The minimum absolute atomic E-state index is 0.395. The molecule has 0 aliphatic heterocycles. The molecular formula is C12H13Br2NO2S3. The van der Waals surface area contributed by atoms with Crippen molar-refractivity contribution in [3.05, 3.63) is 35.5 Å². The summed E-state index contributed by atoms with van der Waals surface area (Å²) in [7, 11) is -3.44. The lowest BCUT2D eigenvalue weighted by Crippen LogP contribution is -2.30. The Morgan fingerprint density at radius 1 is 1.20 bits per heavy atom. The highest BCUT2D eigenvalue weighted by Gasteiger charge is 2.27. The van der Waals surface area contributed by atoms with Gasteiger partial charge in [0.05, 0.1) is 12.5 Å². The second kappa shape index (κ2) is 6.58. The van der Waals surface area contributed by atoms with Gasteiger partial charge in [0.1, 0.15) is 0 Å². The molecule has 2 heterocycles. The topological polar surface area (TPSA) is 37.4 Å². The van der Waals surface area contributed by atoms with E-state index >= 15 is 0 Å². The summed E-state index contributed by atoms with van der Waals surface area (Å²) in [4.78, 5) is 2.23. The summed E-state index contributed by atoms with van der Waals surface area (Å²) in [6.07, 6.45) is 0. The molecule has 0 unspecified atom stereocenters. The molecule has 0 bridgehead atoms. The molecule has 0 saturated carbocycles. The first-order valence-corrected chi connectivity index (χ1v) is 10.5. The molecule has 2 aromatic heterocycles. The predicted octanol–water partition coefficient (Wildman–Crippen LogP) is 4.85. The van der Waals surface area contributed by atoms with Crippen LogP contribution >= 0.6 is 54.5 Å². The van der Waals surface area contributed by atoms with E-state index in [0.717, 1.165) is 17.3 Å². The molecule has 0 aliphatic carbocycles. The van der Waals surface area contributed by atoms with Crippen molar-refractivity contribution in [1.29, 1.82) is 0 Å². The molecule has 0 amide bonds. The van der Waals surface area contributed by atoms with Crippen LogP contribution < -0.4 is 0 Å². The normalized spacial score (nSPS) is 12.2. The average Bonchev–Trinajstić information content (AvgIpc) is 2.92. The smallest absolute Gasteiger partial charge is 0.207 e. The zero-order valence-electron chi connectivity index (χ0n) is 10.9. The molecule has 0 N–H and O–H groups in total. The molecule has 0 fully saturated rings. The van der Waals surface area contributed by atoms with Gasteiger partial charge < -0.3 is 0 Å². The number of nitrogens with zero attached hydrogens (tertiary/aromatic N) is 1. The Morgan fingerprint density at radius 2 is 1.90 bits per heavy atom. The molecule has 110 valence electrons. The van der Waals surface area contributed by atoms with E-state index in [9.17, 15) is 8.42 Å². The van der Waals surface area contributed by atoms with Gasteiger partial charge in [0.15, 0.2) is 0 Å². The molecule has 2 rings (SSSR count). The third-order valence-electron chi connectivity index (χ3n) is 2.77. The number of aryl methyl sites for hydroxylation is 1. The number of hydrogen-bond acceptors (Lipinski definition) is 4. The van der Waals surface area contributed by atoms with Gasteiger partial charge in [0.2, 0.25) is 10.0 Å². The minimum Gasteiger partial charge on any atom is -0.207 e. The first-order valence-electron chi connectivity index (χ1n) is 5.85. The fourth-order valence-electron chi connectivity index (χ4n) is 1.80. The van der Waals surface area contributed by atoms with Gasteiger partial charge in [-0.25, -0.2) is 8.42 Å². The molecule has 0 atom stereocenters. The van der Waals surface area contributed by atoms with Crippen LogP contribution in [0.4, 0.5) is 0 Å². The number of halogens is 2. The first kappa shape index (κ1) is 16.6. The molecule has 2 aromatic rings. The van der Waals surface area contributed by atoms with Crippen LogP contribution in [0.1, 0.15) is 16.7 Å². The number of thiophene rings is 2. The van der Waals surface area contributed by atoms with E-state index in [1.54, 1.807) is 17.4 Å². The lowest BCUT2D eigenvalue weighted by molar-refractivity contribution is 0.426. The van der Waals surface area contributed by atoms with Crippen molar-refractivity contribution in [1.82, 2.24) is 4.31 Å². The number of sulfonamides is 1. The summed E-state index contributed by atoms with van der Waals surface area (Å²) in [6.45, 7) is 4.54. The maximum Gasteiger partial charge on any atom is 0.244 e. The van der Waals surface area contributed by atoms with E-state index in [1.165, 1.54) is 15.6 Å². The fraction of sp³-hybridized carbons (Fsp3) is 0.333. The van der Waals surface area contributed by atoms with Crippen LogP contribution in [-0.2, 0) is 16.6 Å². The van der Waals surface area contributed by atoms with Crippen LogP contribution in [-0.4, -0.2) is 19.3 Å². The van der Waals surface area contributed by atoms with E-state index in [2.05, 4.69) is 31.9 Å². The molecule has 8 heteroatoms. The van der Waals surface area contributed by atoms with Crippen LogP contribution in [0.5, 0.6) is 0 Å².